The number of halogens is 3. The lowest BCUT2D eigenvalue weighted by Crippen LogP contribution is -2.40. The van der Waals surface area contributed by atoms with E-state index in [-0.39, 0.29) is 6.04 Å². The van der Waals surface area contributed by atoms with Crippen molar-refractivity contribution in [3.63, 3.8) is 0 Å². The van der Waals surface area contributed by atoms with Gasteiger partial charge >= 0.3 is 6.18 Å². The van der Waals surface area contributed by atoms with Crippen molar-refractivity contribution in [1.82, 2.24) is 19.7 Å². The topological polar surface area (TPSA) is 68.9 Å². The normalized spacial score (nSPS) is 12.9. The van der Waals surface area contributed by atoms with E-state index in [0.717, 1.165) is 16.8 Å². The van der Waals surface area contributed by atoms with Gasteiger partial charge in [-0.1, -0.05) is 0 Å². The summed E-state index contributed by atoms with van der Waals surface area (Å²) in [5, 5.41) is 6.60. The van der Waals surface area contributed by atoms with Crippen LogP contribution in [0.25, 0.3) is 0 Å². The van der Waals surface area contributed by atoms with E-state index in [1.54, 1.807) is 30.1 Å². The predicted octanol–water partition coefficient (Wildman–Crippen LogP) is 1.27. The monoisotopic (exact) mass is 328 g/mol. The number of rotatable bonds is 5. The zero-order valence-corrected chi connectivity index (χ0v) is 12.2. The van der Waals surface area contributed by atoms with Gasteiger partial charge in [-0.05, 0) is 25.1 Å². The van der Waals surface area contributed by atoms with Gasteiger partial charge in [0.1, 0.15) is 12.1 Å². The Balaban J connectivity index is 2.02. The number of carbonyl (C=O) groups excluding carboxylic acids is 1. The van der Waals surface area contributed by atoms with Crippen LogP contribution in [0.3, 0.4) is 0 Å². The molecule has 23 heavy (non-hydrogen) atoms. The van der Waals surface area contributed by atoms with Crippen LogP contribution in [0.5, 0.6) is 0 Å². The lowest BCUT2D eigenvalue weighted by molar-refractivity contribution is -0.139. The van der Waals surface area contributed by atoms with E-state index in [0.29, 0.717) is 12.6 Å². The molecule has 2 heterocycles. The van der Waals surface area contributed by atoms with Crippen LogP contribution in [0.2, 0.25) is 0 Å². The molecule has 9 heteroatoms. The standard InChI is InChI=1S/C14H15F3N4O2/c1-10(8-21-7-3-5-18-21)19-12(22)9-20-6-2-4-11(13(20)23)14(15,16)17/h2-7,10H,8-9H2,1H3,(H,19,22). The zero-order chi connectivity index (χ0) is 17.0. The van der Waals surface area contributed by atoms with Crippen molar-refractivity contribution in [3.05, 3.63) is 52.7 Å². The number of carbonyl (C=O) groups is 1. The van der Waals surface area contributed by atoms with Crippen LogP contribution in [-0.2, 0) is 24.1 Å². The lowest BCUT2D eigenvalue weighted by Gasteiger charge is -2.15. The first-order chi connectivity index (χ1) is 10.8. The van der Waals surface area contributed by atoms with E-state index in [1.165, 1.54) is 0 Å². The Labute approximate surface area is 129 Å². The maximum atomic E-state index is 12.7. The van der Waals surface area contributed by atoms with Crippen LogP contribution in [0.4, 0.5) is 13.2 Å². The smallest absolute Gasteiger partial charge is 0.350 e. The number of hydrogen-bond donors (Lipinski definition) is 1. The summed E-state index contributed by atoms with van der Waals surface area (Å²) in [7, 11) is 0. The molecule has 6 nitrogen and oxygen atoms in total. The summed E-state index contributed by atoms with van der Waals surface area (Å²) in [6, 6.07) is 3.22. The first kappa shape index (κ1) is 16.8. The highest BCUT2D eigenvalue weighted by Crippen LogP contribution is 2.25. The third kappa shape index (κ3) is 4.44. The predicted molar refractivity (Wildman–Crippen MR) is 75.5 cm³/mol. The van der Waals surface area contributed by atoms with Gasteiger partial charge in [-0.15, -0.1) is 0 Å². The van der Waals surface area contributed by atoms with Crippen LogP contribution in [0.15, 0.2) is 41.6 Å². The van der Waals surface area contributed by atoms with Gasteiger partial charge in [0.2, 0.25) is 5.91 Å². The van der Waals surface area contributed by atoms with Gasteiger partial charge in [-0.2, -0.15) is 18.3 Å². The minimum atomic E-state index is -4.75. The van der Waals surface area contributed by atoms with E-state index >= 15 is 0 Å². The summed E-state index contributed by atoms with van der Waals surface area (Å²) >= 11 is 0. The molecule has 1 unspecified atom stereocenters. The number of pyridine rings is 1. The number of hydrogen-bond acceptors (Lipinski definition) is 3. The summed E-state index contributed by atoms with van der Waals surface area (Å²) in [6.07, 6.45) is -0.282. The summed E-state index contributed by atoms with van der Waals surface area (Å²) in [4.78, 5) is 23.6. The molecule has 2 aromatic heterocycles. The maximum absolute atomic E-state index is 12.7. The van der Waals surface area contributed by atoms with Crippen LogP contribution in [0, 0.1) is 0 Å². The molecule has 0 aliphatic heterocycles. The number of nitrogens with one attached hydrogen (secondary N) is 1. The molecule has 2 aromatic rings. The van der Waals surface area contributed by atoms with Crippen molar-refractivity contribution < 1.29 is 18.0 Å². The largest absolute Gasteiger partial charge is 0.421 e. The van der Waals surface area contributed by atoms with Crippen molar-refractivity contribution in [2.75, 3.05) is 0 Å². The lowest BCUT2D eigenvalue weighted by atomic mass is 10.2. The van der Waals surface area contributed by atoms with Gasteiger partial charge in [-0.25, -0.2) is 0 Å². The Kier molecular flexibility index (Phi) is 4.87. The van der Waals surface area contributed by atoms with Crippen molar-refractivity contribution in [2.24, 2.45) is 0 Å². The van der Waals surface area contributed by atoms with Crippen molar-refractivity contribution in [2.45, 2.75) is 32.2 Å². The molecule has 0 aliphatic rings. The SMILES string of the molecule is CC(Cn1cccn1)NC(=O)Cn1cccc(C(F)(F)F)c1=O. The fourth-order valence-corrected chi connectivity index (χ4v) is 2.09. The van der Waals surface area contributed by atoms with Gasteiger partial charge in [0.25, 0.3) is 5.56 Å². The quantitative estimate of drug-likeness (QED) is 0.899. The molecular weight excluding hydrogens is 313 g/mol. The second kappa shape index (κ2) is 6.67. The molecule has 0 saturated heterocycles. The van der Waals surface area contributed by atoms with Gasteiger partial charge < -0.3 is 9.88 Å². The molecule has 1 amide bonds. The molecule has 1 N–H and O–H groups in total. The molecule has 0 bridgehead atoms. The minimum Gasteiger partial charge on any atom is -0.350 e. The summed E-state index contributed by atoms with van der Waals surface area (Å²) in [6.45, 7) is 1.66. The molecule has 0 fully saturated rings. The van der Waals surface area contributed by atoms with Crippen molar-refractivity contribution in [1.29, 1.82) is 0 Å². The summed E-state index contributed by atoms with van der Waals surface area (Å²) in [5.41, 5.74) is -2.53. The Morgan fingerprint density at radius 2 is 2.09 bits per heavy atom. The van der Waals surface area contributed by atoms with Crippen LogP contribution in [-0.4, -0.2) is 26.3 Å². The van der Waals surface area contributed by atoms with E-state index in [9.17, 15) is 22.8 Å². The Hall–Kier alpha value is -2.58. The Morgan fingerprint density at radius 1 is 1.35 bits per heavy atom. The van der Waals surface area contributed by atoms with Gasteiger partial charge in [0, 0.05) is 24.6 Å². The average molecular weight is 328 g/mol. The van der Waals surface area contributed by atoms with Gasteiger partial charge in [-0.3, -0.25) is 14.3 Å². The molecule has 124 valence electrons. The maximum Gasteiger partial charge on any atom is 0.421 e. The highest BCUT2D eigenvalue weighted by Gasteiger charge is 2.34. The number of nitrogens with zero attached hydrogens (tertiary/aromatic N) is 3. The van der Waals surface area contributed by atoms with Crippen molar-refractivity contribution in [3.8, 4) is 0 Å². The molecule has 2 rings (SSSR count). The first-order valence-electron chi connectivity index (χ1n) is 6.81. The van der Waals surface area contributed by atoms with E-state index in [1.807, 2.05) is 0 Å². The molecule has 1 atom stereocenters. The summed E-state index contributed by atoms with van der Waals surface area (Å²) < 4.78 is 40.3. The van der Waals surface area contributed by atoms with Gasteiger partial charge in [0.05, 0.1) is 6.54 Å². The molecular formula is C14H15F3N4O2. The van der Waals surface area contributed by atoms with Crippen LogP contribution in [0.1, 0.15) is 12.5 Å². The van der Waals surface area contributed by atoms with Crippen LogP contribution >= 0.6 is 0 Å². The molecule has 0 radical (unpaired) electrons. The Morgan fingerprint density at radius 3 is 2.70 bits per heavy atom. The molecule has 0 aliphatic carbocycles. The fourth-order valence-electron chi connectivity index (χ4n) is 2.09. The molecule has 0 spiro atoms. The highest BCUT2D eigenvalue weighted by atomic mass is 19.4. The fraction of sp³-hybridized carbons (Fsp3) is 0.357. The highest BCUT2D eigenvalue weighted by molar-refractivity contribution is 5.76. The molecule has 0 saturated carbocycles. The van der Waals surface area contributed by atoms with Crippen molar-refractivity contribution >= 4 is 5.91 Å². The van der Waals surface area contributed by atoms with E-state index in [4.69, 9.17) is 0 Å². The molecule has 0 aromatic carbocycles. The second-order valence-corrected chi connectivity index (χ2v) is 5.05. The number of alkyl halides is 3. The summed E-state index contributed by atoms with van der Waals surface area (Å²) in [5.74, 6) is -0.550. The van der Waals surface area contributed by atoms with Gasteiger partial charge in [0.15, 0.2) is 0 Å². The number of aromatic nitrogens is 3. The zero-order valence-electron chi connectivity index (χ0n) is 12.2. The average Bonchev–Trinajstić information content (AvgIpc) is 2.92. The second-order valence-electron chi connectivity index (χ2n) is 5.05. The third-order valence-electron chi connectivity index (χ3n) is 3.07. The van der Waals surface area contributed by atoms with E-state index < -0.39 is 29.8 Å². The van der Waals surface area contributed by atoms with Crippen LogP contribution < -0.4 is 10.9 Å². The minimum absolute atomic E-state index is 0.288. The third-order valence-corrected chi connectivity index (χ3v) is 3.07. The number of amides is 1. The first-order valence-corrected chi connectivity index (χ1v) is 6.81. The Bertz CT molecular complexity index is 722. The van der Waals surface area contributed by atoms with E-state index in [2.05, 4.69) is 10.4 Å².